The van der Waals surface area contributed by atoms with E-state index >= 15 is 0 Å². The molecule has 4 N–H and O–H groups in total. The largest absolute Gasteiger partial charge is 0.355 e. The lowest BCUT2D eigenvalue weighted by molar-refractivity contribution is -0.146. The minimum atomic E-state index is -9.84. The summed E-state index contributed by atoms with van der Waals surface area (Å²) >= 11 is 0. The maximum Gasteiger partial charge on any atom is 0.310 e. The summed E-state index contributed by atoms with van der Waals surface area (Å²) in [7, 11) is -9.84. The summed E-state index contributed by atoms with van der Waals surface area (Å²) in [5.41, 5.74) is -1.81. The summed E-state index contributed by atoms with van der Waals surface area (Å²) in [6, 6.07) is 4.51. The van der Waals surface area contributed by atoms with Crippen molar-refractivity contribution in [2.45, 2.75) is 24.7 Å². The number of hydrogen-bond acceptors (Lipinski definition) is 6. The second kappa shape index (κ2) is 7.38. The zero-order valence-electron chi connectivity index (χ0n) is 17.2. The quantitative estimate of drug-likeness (QED) is 0.138. The van der Waals surface area contributed by atoms with Gasteiger partial charge in [-0.25, -0.2) is 15.8 Å². The summed E-state index contributed by atoms with van der Waals surface area (Å²) in [6.07, 6.45) is 1.51. The number of rotatable bonds is 6. The molecule has 3 amide bonds. The van der Waals surface area contributed by atoms with Gasteiger partial charge in [0.25, 0.3) is 11.8 Å². The van der Waals surface area contributed by atoms with Crippen LogP contribution in [0.15, 0.2) is 47.5 Å². The monoisotopic (exact) mass is 493 g/mol. The average Bonchev–Trinajstić information content (AvgIpc) is 3.12. The summed E-state index contributed by atoms with van der Waals surface area (Å²) in [5, 5.41) is 5.38. The molecule has 1 fully saturated rings. The van der Waals surface area contributed by atoms with Crippen LogP contribution in [0.2, 0.25) is 0 Å². The molecular weight excluding hydrogens is 473 g/mol. The van der Waals surface area contributed by atoms with Crippen molar-refractivity contribution in [3.05, 3.63) is 48.2 Å². The van der Waals surface area contributed by atoms with Gasteiger partial charge < -0.3 is 10.6 Å². The molecule has 0 spiro atoms. The van der Waals surface area contributed by atoms with Crippen molar-refractivity contribution in [1.29, 1.82) is 0 Å². The van der Waals surface area contributed by atoms with Crippen LogP contribution >= 0.6 is 10.2 Å². The third-order valence-electron chi connectivity index (χ3n) is 5.32. The molecule has 0 saturated carbocycles. The fourth-order valence-corrected chi connectivity index (χ4v) is 4.08. The van der Waals surface area contributed by atoms with Crippen LogP contribution in [0.25, 0.3) is 0 Å². The van der Waals surface area contributed by atoms with Crippen molar-refractivity contribution in [3.8, 4) is 0 Å². The molecule has 1 saturated heterocycles. The molecule has 1 unspecified atom stereocenters. The van der Waals surface area contributed by atoms with Gasteiger partial charge in [-0.05, 0) is 49.2 Å². The van der Waals surface area contributed by atoms with E-state index in [0.29, 0.717) is 5.01 Å². The molecule has 0 aliphatic carbocycles. The maximum absolute atomic E-state index is 12.9. The van der Waals surface area contributed by atoms with Crippen LogP contribution in [0.3, 0.4) is 0 Å². The zero-order valence-corrected chi connectivity index (χ0v) is 18.0. The van der Waals surface area contributed by atoms with Crippen LogP contribution in [-0.2, 0) is 9.59 Å². The molecule has 14 heteroatoms. The number of benzene rings is 1. The summed E-state index contributed by atoms with van der Waals surface area (Å²) < 4.78 is 64.5. The van der Waals surface area contributed by atoms with E-state index in [1.54, 1.807) is 6.92 Å². The maximum atomic E-state index is 12.9. The van der Waals surface area contributed by atoms with Crippen molar-refractivity contribution < 1.29 is 33.8 Å². The van der Waals surface area contributed by atoms with E-state index in [2.05, 4.69) is 15.6 Å². The first-order valence-electron chi connectivity index (χ1n) is 9.57. The number of halogens is 5. The second-order valence-corrected chi connectivity index (χ2v) is 9.85. The van der Waals surface area contributed by atoms with E-state index in [9.17, 15) is 33.8 Å². The Bertz CT molecular complexity index is 1130. The minimum absolute atomic E-state index is 0.0801. The molecule has 1 aromatic heterocycles. The van der Waals surface area contributed by atoms with E-state index in [0.717, 1.165) is 12.1 Å². The number of pyridine rings is 1. The van der Waals surface area contributed by atoms with E-state index in [1.165, 1.54) is 18.3 Å². The second-order valence-electron chi connectivity index (χ2n) is 7.44. The third-order valence-corrected chi connectivity index (χ3v) is 6.49. The molecule has 3 rings (SSSR count). The van der Waals surface area contributed by atoms with Gasteiger partial charge in [0.2, 0.25) is 5.91 Å². The number of hydrazine groups is 1. The average molecular weight is 493 g/mol. The Labute approximate surface area is 185 Å². The summed E-state index contributed by atoms with van der Waals surface area (Å²) in [4.78, 5) is 39.9. The first-order chi connectivity index (χ1) is 15.1. The van der Waals surface area contributed by atoms with Gasteiger partial charge in [0.05, 0.1) is 5.56 Å². The van der Waals surface area contributed by atoms with Crippen molar-refractivity contribution in [2.24, 2.45) is 11.3 Å². The highest BCUT2D eigenvalue weighted by molar-refractivity contribution is 8.45. The Hall–Kier alpha value is -3.26. The predicted octanol–water partition coefficient (Wildman–Crippen LogP) is 4.24. The Morgan fingerprint density at radius 2 is 1.82 bits per heavy atom. The number of aromatic nitrogens is 1. The molecule has 33 heavy (non-hydrogen) atoms. The fraction of sp³-hybridized carbons (Fsp3) is 0.263. The standard InChI is InChI=1S/C19H20F5N5O3S/c1-2-19(9-11-27-17(19)31)18(32)29(25)16(30)14-4-3-10-26-15(14)28-12-5-7-13(8-6-12)33(20,21,22,23)24/h3-8,10H,2,9,11,25H2,1H3,(H,26,28)(H,27,31). The first kappa shape index (κ1) is 24.4. The summed E-state index contributed by atoms with van der Waals surface area (Å²) in [6.45, 7) is 1.85. The first-order valence-corrected chi connectivity index (χ1v) is 11.5. The number of anilines is 2. The van der Waals surface area contributed by atoms with E-state index < -0.39 is 38.3 Å². The van der Waals surface area contributed by atoms with E-state index in [1.807, 2.05) is 0 Å². The minimum Gasteiger partial charge on any atom is -0.355 e. The molecule has 1 aliphatic rings. The SMILES string of the molecule is CCC1(C(=O)N(N)C(=O)c2cccnc2Nc2ccc(S(F)(F)(F)(F)F)cc2)CCNC1=O. The number of hydrogen-bond donors (Lipinski definition) is 3. The molecular formula is C19H20F5N5O3S. The normalized spacial score (nSPS) is 20.4. The Kier molecular flexibility index (Phi) is 5.45. The van der Waals surface area contributed by atoms with Crippen LogP contribution < -0.4 is 16.5 Å². The van der Waals surface area contributed by atoms with Crippen LogP contribution in [0, 0.1) is 5.41 Å². The molecule has 1 aromatic carbocycles. The summed E-state index contributed by atoms with van der Waals surface area (Å²) in [5.74, 6) is 3.07. The van der Waals surface area contributed by atoms with Crippen molar-refractivity contribution in [2.75, 3.05) is 11.9 Å². The van der Waals surface area contributed by atoms with Gasteiger partial charge in [-0.2, -0.15) is 0 Å². The highest BCUT2D eigenvalue weighted by Crippen LogP contribution is 3.02. The highest BCUT2D eigenvalue weighted by Gasteiger charge is 2.65. The lowest BCUT2D eigenvalue weighted by Crippen LogP contribution is -2.53. The van der Waals surface area contributed by atoms with Gasteiger partial charge in [0, 0.05) is 18.4 Å². The highest BCUT2D eigenvalue weighted by atomic mass is 32.5. The molecule has 1 atom stereocenters. The van der Waals surface area contributed by atoms with E-state index in [-0.39, 0.29) is 48.6 Å². The Balaban J connectivity index is 1.87. The third kappa shape index (κ3) is 4.75. The van der Waals surface area contributed by atoms with Gasteiger partial charge in [-0.15, -0.1) is 0 Å². The van der Waals surface area contributed by atoms with E-state index in [4.69, 9.17) is 5.84 Å². The molecule has 2 heterocycles. The predicted molar refractivity (Wildman–Crippen MR) is 111 cm³/mol. The molecule has 1 aliphatic heterocycles. The molecule has 0 radical (unpaired) electrons. The van der Waals surface area contributed by atoms with Crippen molar-refractivity contribution in [1.82, 2.24) is 15.3 Å². The lowest BCUT2D eigenvalue weighted by atomic mass is 9.82. The lowest BCUT2D eigenvalue weighted by Gasteiger charge is -2.40. The van der Waals surface area contributed by atoms with Crippen LogP contribution in [-0.4, -0.2) is 34.3 Å². The smallest absolute Gasteiger partial charge is 0.310 e. The van der Waals surface area contributed by atoms with Gasteiger partial charge in [0.1, 0.15) is 16.1 Å². The fourth-order valence-electron chi connectivity index (χ4n) is 3.43. The number of carbonyl (C=O) groups is 3. The Morgan fingerprint density at radius 1 is 1.18 bits per heavy atom. The zero-order chi connectivity index (χ0) is 24.7. The number of imide groups is 1. The molecule has 8 nitrogen and oxygen atoms in total. The number of nitrogens with one attached hydrogen (secondary N) is 2. The van der Waals surface area contributed by atoms with Gasteiger partial charge in [-0.3, -0.25) is 14.4 Å². The number of nitrogens with zero attached hydrogens (tertiary/aromatic N) is 2. The number of amides is 3. The van der Waals surface area contributed by atoms with Crippen LogP contribution in [0.4, 0.5) is 30.9 Å². The Morgan fingerprint density at radius 3 is 2.33 bits per heavy atom. The van der Waals surface area contributed by atoms with Gasteiger partial charge in [-0.1, -0.05) is 26.4 Å². The molecule has 2 aromatic rings. The van der Waals surface area contributed by atoms with Crippen molar-refractivity contribution >= 4 is 39.5 Å². The topological polar surface area (TPSA) is 117 Å². The van der Waals surface area contributed by atoms with Gasteiger partial charge in [0.15, 0.2) is 0 Å². The molecule has 180 valence electrons. The van der Waals surface area contributed by atoms with Gasteiger partial charge >= 0.3 is 10.2 Å². The number of nitrogens with two attached hydrogens (primary N) is 1. The number of carbonyl (C=O) groups excluding carboxylic acids is 3. The van der Waals surface area contributed by atoms with Crippen LogP contribution in [0.1, 0.15) is 30.1 Å². The molecule has 0 bridgehead atoms. The van der Waals surface area contributed by atoms with Crippen LogP contribution in [0.5, 0.6) is 0 Å². The van der Waals surface area contributed by atoms with Crippen molar-refractivity contribution in [3.63, 3.8) is 0 Å².